The van der Waals surface area contributed by atoms with Gasteiger partial charge in [0, 0.05) is 17.0 Å². The third-order valence-electron chi connectivity index (χ3n) is 3.15. The fourth-order valence-electron chi connectivity index (χ4n) is 2.11. The van der Waals surface area contributed by atoms with Crippen molar-refractivity contribution in [1.29, 1.82) is 0 Å². The van der Waals surface area contributed by atoms with Crippen LogP contribution in [0.2, 0.25) is 5.02 Å². The number of benzene rings is 2. The molecule has 3 rings (SSSR count). The molecule has 0 saturated carbocycles. The predicted molar refractivity (Wildman–Crippen MR) is 83.3 cm³/mol. The topological polar surface area (TPSA) is 44.9 Å². The molecule has 0 amide bonds. The van der Waals surface area contributed by atoms with Crippen LogP contribution in [0, 0.1) is 0 Å². The molecule has 3 nitrogen and oxygen atoms in total. The Labute approximate surface area is 121 Å². The van der Waals surface area contributed by atoms with Crippen LogP contribution in [-0.4, -0.2) is 4.98 Å². The molecule has 0 fully saturated rings. The Hall–Kier alpha value is -2.26. The van der Waals surface area contributed by atoms with Crippen LogP contribution < -0.4 is 10.9 Å². The minimum absolute atomic E-state index is 0.0818. The highest BCUT2D eigenvalue weighted by molar-refractivity contribution is 6.30. The van der Waals surface area contributed by atoms with Gasteiger partial charge in [-0.1, -0.05) is 41.9 Å². The van der Waals surface area contributed by atoms with Gasteiger partial charge in [-0.15, -0.1) is 0 Å². The first kappa shape index (κ1) is 12.8. The Morgan fingerprint density at radius 2 is 1.80 bits per heavy atom. The molecule has 0 radical (unpaired) electrons. The van der Waals surface area contributed by atoms with Gasteiger partial charge < -0.3 is 10.3 Å². The standard InChI is InChI=1S/C16H13ClN2O/c17-13-7-5-11(6-8-13)10-18-15-9-12-3-1-2-4-14(12)16(20)19-15/h1-9H,10H2,(H2,18,19,20). The van der Waals surface area contributed by atoms with Crippen molar-refractivity contribution >= 4 is 28.2 Å². The van der Waals surface area contributed by atoms with Crippen molar-refractivity contribution in [1.82, 2.24) is 4.98 Å². The quantitative estimate of drug-likeness (QED) is 0.768. The van der Waals surface area contributed by atoms with Gasteiger partial charge in [-0.25, -0.2) is 0 Å². The maximum absolute atomic E-state index is 11.9. The van der Waals surface area contributed by atoms with Gasteiger partial charge in [0.1, 0.15) is 5.82 Å². The van der Waals surface area contributed by atoms with E-state index in [-0.39, 0.29) is 5.56 Å². The zero-order valence-electron chi connectivity index (χ0n) is 10.7. The number of H-pyrrole nitrogens is 1. The summed E-state index contributed by atoms with van der Waals surface area (Å²) in [4.78, 5) is 14.8. The minimum Gasteiger partial charge on any atom is -0.367 e. The van der Waals surface area contributed by atoms with Crippen molar-refractivity contribution in [2.45, 2.75) is 6.54 Å². The summed E-state index contributed by atoms with van der Waals surface area (Å²) in [5.41, 5.74) is 1.02. The van der Waals surface area contributed by atoms with E-state index >= 15 is 0 Å². The summed E-state index contributed by atoms with van der Waals surface area (Å²) in [6.45, 7) is 0.630. The summed E-state index contributed by atoms with van der Waals surface area (Å²) in [7, 11) is 0. The molecule has 20 heavy (non-hydrogen) atoms. The number of halogens is 1. The smallest absolute Gasteiger partial charge is 0.257 e. The van der Waals surface area contributed by atoms with Gasteiger partial charge in [-0.3, -0.25) is 4.79 Å². The first-order valence-corrected chi connectivity index (χ1v) is 6.70. The Bertz CT molecular complexity index is 793. The lowest BCUT2D eigenvalue weighted by molar-refractivity contribution is 1.10. The van der Waals surface area contributed by atoms with Gasteiger partial charge in [0.05, 0.1) is 0 Å². The number of aromatic nitrogens is 1. The number of aromatic amines is 1. The van der Waals surface area contributed by atoms with Crippen molar-refractivity contribution in [3.8, 4) is 0 Å². The second kappa shape index (κ2) is 5.39. The highest BCUT2D eigenvalue weighted by Gasteiger charge is 2.01. The number of hydrogen-bond donors (Lipinski definition) is 2. The summed E-state index contributed by atoms with van der Waals surface area (Å²) < 4.78 is 0. The Morgan fingerprint density at radius 3 is 2.60 bits per heavy atom. The van der Waals surface area contributed by atoms with Gasteiger partial charge in [-0.05, 0) is 35.2 Å². The van der Waals surface area contributed by atoms with E-state index in [1.165, 1.54) is 0 Å². The second-order valence-electron chi connectivity index (χ2n) is 4.58. The lowest BCUT2D eigenvalue weighted by atomic mass is 10.2. The molecule has 2 N–H and O–H groups in total. The van der Waals surface area contributed by atoms with Crippen LogP contribution in [0.15, 0.2) is 59.4 Å². The van der Waals surface area contributed by atoms with E-state index in [9.17, 15) is 4.79 Å². The predicted octanol–water partition coefficient (Wildman–Crippen LogP) is 3.79. The fraction of sp³-hybridized carbons (Fsp3) is 0.0625. The second-order valence-corrected chi connectivity index (χ2v) is 5.02. The molecule has 0 aliphatic heterocycles. The Morgan fingerprint density at radius 1 is 1.05 bits per heavy atom. The molecular formula is C16H13ClN2O. The maximum atomic E-state index is 11.9. The Balaban J connectivity index is 1.84. The molecule has 0 atom stereocenters. The number of nitrogens with one attached hydrogen (secondary N) is 2. The first-order valence-electron chi connectivity index (χ1n) is 6.33. The van der Waals surface area contributed by atoms with E-state index in [1.807, 2.05) is 54.6 Å². The molecule has 4 heteroatoms. The normalized spacial score (nSPS) is 10.7. The van der Waals surface area contributed by atoms with Crippen LogP contribution >= 0.6 is 11.6 Å². The molecule has 100 valence electrons. The van der Waals surface area contributed by atoms with E-state index in [2.05, 4.69) is 10.3 Å². The van der Waals surface area contributed by atoms with Crippen LogP contribution in [0.4, 0.5) is 5.82 Å². The molecule has 1 aromatic heterocycles. The number of fused-ring (bicyclic) bond motifs is 1. The third-order valence-corrected chi connectivity index (χ3v) is 3.40. The van der Waals surface area contributed by atoms with Crippen molar-refractivity contribution in [3.63, 3.8) is 0 Å². The van der Waals surface area contributed by atoms with Crippen molar-refractivity contribution in [3.05, 3.63) is 75.5 Å². The monoisotopic (exact) mass is 284 g/mol. The molecule has 0 saturated heterocycles. The SMILES string of the molecule is O=c1[nH]c(NCc2ccc(Cl)cc2)cc2ccccc12. The van der Waals surface area contributed by atoms with Crippen LogP contribution in [-0.2, 0) is 6.54 Å². The molecule has 0 bridgehead atoms. The van der Waals surface area contributed by atoms with Crippen molar-refractivity contribution in [2.75, 3.05) is 5.32 Å². The molecule has 2 aromatic carbocycles. The molecule has 0 spiro atoms. The van der Waals surface area contributed by atoms with E-state index in [0.717, 1.165) is 10.9 Å². The van der Waals surface area contributed by atoms with E-state index in [4.69, 9.17) is 11.6 Å². The van der Waals surface area contributed by atoms with Crippen molar-refractivity contribution < 1.29 is 0 Å². The molecule has 3 aromatic rings. The van der Waals surface area contributed by atoms with E-state index in [0.29, 0.717) is 22.8 Å². The first-order chi connectivity index (χ1) is 9.72. The molecule has 0 aliphatic rings. The molecule has 0 aliphatic carbocycles. The highest BCUT2D eigenvalue weighted by atomic mass is 35.5. The number of anilines is 1. The number of rotatable bonds is 3. The van der Waals surface area contributed by atoms with Gasteiger partial charge in [0.25, 0.3) is 5.56 Å². The zero-order chi connectivity index (χ0) is 13.9. The molecule has 0 unspecified atom stereocenters. The van der Waals surface area contributed by atoms with E-state index in [1.54, 1.807) is 0 Å². The van der Waals surface area contributed by atoms with Gasteiger partial charge in [-0.2, -0.15) is 0 Å². The average Bonchev–Trinajstić information content (AvgIpc) is 2.47. The van der Waals surface area contributed by atoms with E-state index < -0.39 is 0 Å². The van der Waals surface area contributed by atoms with Crippen LogP contribution in [0.5, 0.6) is 0 Å². The van der Waals surface area contributed by atoms with Gasteiger partial charge in [0.2, 0.25) is 0 Å². The van der Waals surface area contributed by atoms with Crippen LogP contribution in [0.25, 0.3) is 10.8 Å². The highest BCUT2D eigenvalue weighted by Crippen LogP contribution is 2.14. The van der Waals surface area contributed by atoms with Crippen LogP contribution in [0.3, 0.4) is 0 Å². The molecular weight excluding hydrogens is 272 g/mol. The summed E-state index contributed by atoms with van der Waals surface area (Å²) in [5.74, 6) is 0.712. The fourth-order valence-corrected chi connectivity index (χ4v) is 2.23. The summed E-state index contributed by atoms with van der Waals surface area (Å²) >= 11 is 5.85. The third kappa shape index (κ3) is 2.68. The molecule has 1 heterocycles. The van der Waals surface area contributed by atoms with Gasteiger partial charge in [0.15, 0.2) is 0 Å². The maximum Gasteiger partial charge on any atom is 0.257 e. The van der Waals surface area contributed by atoms with Crippen molar-refractivity contribution in [2.24, 2.45) is 0 Å². The average molecular weight is 285 g/mol. The lowest BCUT2D eigenvalue weighted by Crippen LogP contribution is -2.10. The zero-order valence-corrected chi connectivity index (χ0v) is 11.4. The lowest BCUT2D eigenvalue weighted by Gasteiger charge is -2.07. The summed E-state index contributed by atoms with van der Waals surface area (Å²) in [6, 6.07) is 17.1. The minimum atomic E-state index is -0.0818. The van der Waals surface area contributed by atoms with Crippen LogP contribution in [0.1, 0.15) is 5.56 Å². The summed E-state index contributed by atoms with van der Waals surface area (Å²) in [6.07, 6.45) is 0. The summed E-state index contributed by atoms with van der Waals surface area (Å²) in [5, 5.41) is 5.55. The largest absolute Gasteiger partial charge is 0.367 e. The van der Waals surface area contributed by atoms with Gasteiger partial charge >= 0.3 is 0 Å². The number of pyridine rings is 1. The number of hydrogen-bond acceptors (Lipinski definition) is 2. The Kier molecular flexibility index (Phi) is 3.44.